The second-order valence-corrected chi connectivity index (χ2v) is 5.30. The summed E-state index contributed by atoms with van der Waals surface area (Å²) in [6.45, 7) is 1.31. The average molecular weight is 334 g/mol. The van der Waals surface area contributed by atoms with Crippen LogP contribution in [0.5, 0.6) is 0 Å². The summed E-state index contributed by atoms with van der Waals surface area (Å²) in [6.07, 6.45) is 0. The highest BCUT2D eigenvalue weighted by Crippen LogP contribution is 2.17. The molecular weight excluding hydrogens is 320 g/mol. The molecule has 8 heteroatoms. The zero-order valence-electron chi connectivity index (χ0n) is 12.5. The molecule has 0 aliphatic rings. The molecule has 0 unspecified atom stereocenters. The van der Waals surface area contributed by atoms with Gasteiger partial charge in [0.2, 0.25) is 5.91 Å². The van der Waals surface area contributed by atoms with Gasteiger partial charge in [0.25, 0.3) is 0 Å². The molecule has 23 heavy (non-hydrogen) atoms. The largest absolute Gasteiger partial charge is 0.465 e. The molecule has 120 valence electrons. The first-order valence-corrected chi connectivity index (χ1v) is 7.45. The van der Waals surface area contributed by atoms with Crippen molar-refractivity contribution < 1.29 is 23.9 Å². The number of methoxy groups -OCH3 is 1. The summed E-state index contributed by atoms with van der Waals surface area (Å²) in [7, 11) is 1.24. The molecule has 1 N–H and O–H groups in total. The number of esters is 2. The van der Waals surface area contributed by atoms with Crippen LogP contribution in [0.1, 0.15) is 33.3 Å². The molecule has 0 bridgehead atoms. The van der Waals surface area contributed by atoms with E-state index in [-0.39, 0.29) is 23.6 Å². The Morgan fingerprint density at radius 1 is 1.17 bits per heavy atom. The van der Waals surface area contributed by atoms with Gasteiger partial charge in [-0.2, -0.15) is 0 Å². The van der Waals surface area contributed by atoms with Crippen LogP contribution in [0.3, 0.4) is 0 Å². The second kappa shape index (κ2) is 7.50. The van der Waals surface area contributed by atoms with Crippen molar-refractivity contribution in [3.63, 3.8) is 0 Å². The van der Waals surface area contributed by atoms with Crippen molar-refractivity contribution >= 4 is 34.3 Å². The number of nitrogens with zero attached hydrogens (tertiary/aromatic N) is 1. The van der Waals surface area contributed by atoms with Gasteiger partial charge in [0, 0.05) is 12.3 Å². The summed E-state index contributed by atoms with van der Waals surface area (Å²) in [5.74, 6) is -1.49. The zero-order valence-corrected chi connectivity index (χ0v) is 13.3. The summed E-state index contributed by atoms with van der Waals surface area (Å²) < 4.78 is 9.79. The summed E-state index contributed by atoms with van der Waals surface area (Å²) in [4.78, 5) is 38.8. The molecular formula is C15H14N2O5S. The Morgan fingerprint density at radius 3 is 2.43 bits per heavy atom. The minimum Gasteiger partial charge on any atom is -0.465 e. The number of carbonyl (C=O) groups excluding carboxylic acids is 3. The first-order chi connectivity index (χ1) is 11.0. The summed E-state index contributed by atoms with van der Waals surface area (Å²) in [6, 6.07) is 6.22. The van der Waals surface area contributed by atoms with Crippen LogP contribution in [0.4, 0.5) is 5.13 Å². The third-order valence-corrected chi connectivity index (χ3v) is 3.54. The lowest BCUT2D eigenvalue weighted by molar-refractivity contribution is -0.114. The summed E-state index contributed by atoms with van der Waals surface area (Å²) in [5.41, 5.74) is 0.761. The van der Waals surface area contributed by atoms with Crippen molar-refractivity contribution in [2.24, 2.45) is 0 Å². The van der Waals surface area contributed by atoms with Gasteiger partial charge in [-0.15, -0.1) is 11.3 Å². The minimum atomic E-state index is -0.653. The van der Waals surface area contributed by atoms with Crippen LogP contribution in [0, 0.1) is 0 Å². The van der Waals surface area contributed by atoms with Crippen LogP contribution >= 0.6 is 11.3 Å². The maximum absolute atomic E-state index is 12.1. The van der Waals surface area contributed by atoms with Crippen molar-refractivity contribution in [2.75, 3.05) is 12.4 Å². The number of rotatable bonds is 5. The van der Waals surface area contributed by atoms with E-state index in [1.807, 2.05) is 0 Å². The Balaban J connectivity index is 2.04. The van der Waals surface area contributed by atoms with E-state index in [9.17, 15) is 14.4 Å². The smallest absolute Gasteiger partial charge is 0.339 e. The molecule has 1 heterocycles. The molecule has 0 aliphatic heterocycles. The van der Waals surface area contributed by atoms with E-state index in [4.69, 9.17) is 4.74 Å². The molecule has 0 fully saturated rings. The highest BCUT2D eigenvalue weighted by Gasteiger charge is 2.18. The van der Waals surface area contributed by atoms with E-state index in [0.717, 1.165) is 0 Å². The van der Waals surface area contributed by atoms with Crippen molar-refractivity contribution in [3.8, 4) is 0 Å². The monoisotopic (exact) mass is 334 g/mol. The minimum absolute atomic E-state index is 0.0651. The maximum Gasteiger partial charge on any atom is 0.339 e. The third-order valence-electron chi connectivity index (χ3n) is 2.74. The lowest BCUT2D eigenvalue weighted by Crippen LogP contribution is -2.13. The van der Waals surface area contributed by atoms with E-state index in [1.165, 1.54) is 37.5 Å². The van der Waals surface area contributed by atoms with Gasteiger partial charge in [-0.1, -0.05) is 12.1 Å². The Morgan fingerprint density at radius 2 is 1.83 bits per heavy atom. The number of thiazole rings is 1. The Labute approximate surface area is 136 Å². The molecule has 1 aromatic heterocycles. The highest BCUT2D eigenvalue weighted by molar-refractivity contribution is 7.13. The van der Waals surface area contributed by atoms with Crippen molar-refractivity contribution in [3.05, 3.63) is 46.5 Å². The van der Waals surface area contributed by atoms with Crippen molar-refractivity contribution in [1.82, 2.24) is 4.98 Å². The quantitative estimate of drug-likeness (QED) is 0.843. The number of nitrogens with one attached hydrogen (secondary N) is 1. The second-order valence-electron chi connectivity index (χ2n) is 4.44. The van der Waals surface area contributed by atoms with E-state index in [1.54, 1.807) is 17.5 Å². The Hall–Kier alpha value is -2.74. The summed E-state index contributed by atoms with van der Waals surface area (Å²) >= 11 is 1.23. The molecule has 2 rings (SSSR count). The predicted octanol–water partition coefficient (Wildman–Crippen LogP) is 2.25. The molecule has 1 amide bonds. The fourth-order valence-corrected chi connectivity index (χ4v) is 2.49. The van der Waals surface area contributed by atoms with Crippen molar-refractivity contribution in [2.45, 2.75) is 13.5 Å². The molecule has 1 aromatic carbocycles. The van der Waals surface area contributed by atoms with E-state index in [2.05, 4.69) is 15.0 Å². The van der Waals surface area contributed by atoms with Gasteiger partial charge in [0.15, 0.2) is 5.13 Å². The first kappa shape index (κ1) is 16.6. The average Bonchev–Trinajstić information content (AvgIpc) is 2.98. The van der Waals surface area contributed by atoms with Gasteiger partial charge in [-0.05, 0) is 12.1 Å². The number of amides is 1. The number of aromatic nitrogens is 1. The highest BCUT2D eigenvalue weighted by atomic mass is 32.1. The number of ether oxygens (including phenoxy) is 2. The lowest BCUT2D eigenvalue weighted by Gasteiger charge is -2.07. The van der Waals surface area contributed by atoms with Crippen LogP contribution in [-0.2, 0) is 20.9 Å². The van der Waals surface area contributed by atoms with E-state index in [0.29, 0.717) is 10.8 Å². The molecule has 2 aromatic rings. The lowest BCUT2D eigenvalue weighted by atomic mass is 10.1. The van der Waals surface area contributed by atoms with Crippen molar-refractivity contribution in [1.29, 1.82) is 0 Å². The van der Waals surface area contributed by atoms with Gasteiger partial charge in [-0.3, -0.25) is 4.79 Å². The van der Waals surface area contributed by atoms with E-state index >= 15 is 0 Å². The fourth-order valence-electron chi connectivity index (χ4n) is 1.75. The van der Waals surface area contributed by atoms with Crippen LogP contribution in [-0.4, -0.2) is 29.9 Å². The summed E-state index contributed by atoms with van der Waals surface area (Å²) in [5, 5.41) is 4.64. The normalized spacial score (nSPS) is 10.0. The molecule has 0 saturated carbocycles. The fraction of sp³-hybridized carbons (Fsp3) is 0.200. The molecule has 0 atom stereocenters. The Bertz CT molecular complexity index is 741. The molecule has 0 spiro atoms. The zero-order chi connectivity index (χ0) is 16.8. The van der Waals surface area contributed by atoms with Crippen LogP contribution < -0.4 is 5.32 Å². The van der Waals surface area contributed by atoms with Gasteiger partial charge >= 0.3 is 11.9 Å². The SMILES string of the molecule is COC(=O)c1ccccc1C(=O)OCc1csc(NC(C)=O)n1. The van der Waals surface area contributed by atoms with Gasteiger partial charge < -0.3 is 14.8 Å². The van der Waals surface area contributed by atoms with Crippen LogP contribution in [0.2, 0.25) is 0 Å². The number of benzene rings is 1. The van der Waals surface area contributed by atoms with Crippen LogP contribution in [0.15, 0.2) is 29.6 Å². The molecule has 0 saturated heterocycles. The first-order valence-electron chi connectivity index (χ1n) is 6.57. The number of hydrogen-bond donors (Lipinski definition) is 1. The molecule has 0 radical (unpaired) electrons. The van der Waals surface area contributed by atoms with E-state index < -0.39 is 11.9 Å². The molecule has 7 nitrogen and oxygen atoms in total. The molecule has 0 aliphatic carbocycles. The van der Waals surface area contributed by atoms with Gasteiger partial charge in [-0.25, -0.2) is 14.6 Å². The van der Waals surface area contributed by atoms with Crippen LogP contribution in [0.25, 0.3) is 0 Å². The predicted molar refractivity (Wildman–Crippen MR) is 83.3 cm³/mol. The maximum atomic E-state index is 12.1. The number of carbonyl (C=O) groups is 3. The van der Waals surface area contributed by atoms with Gasteiger partial charge in [0.05, 0.1) is 23.9 Å². The third kappa shape index (κ3) is 4.36. The Kier molecular flexibility index (Phi) is 5.42. The number of hydrogen-bond acceptors (Lipinski definition) is 7. The standard InChI is InChI=1S/C15H14N2O5S/c1-9(18)16-15-17-10(8-23-15)7-22-14(20)12-6-4-3-5-11(12)13(19)21-2/h3-6,8H,7H2,1-2H3,(H,16,17,18). The van der Waals surface area contributed by atoms with Gasteiger partial charge in [0.1, 0.15) is 6.61 Å². The number of anilines is 1. The topological polar surface area (TPSA) is 94.6 Å².